The number of benzene rings is 2. The van der Waals surface area contributed by atoms with Crippen LogP contribution in [0.2, 0.25) is 5.02 Å². The van der Waals surface area contributed by atoms with Crippen LogP contribution in [0, 0.1) is 5.82 Å². The number of nitrogens with zero attached hydrogens (tertiary/aromatic N) is 4. The van der Waals surface area contributed by atoms with Gasteiger partial charge >= 0.3 is 0 Å². The van der Waals surface area contributed by atoms with Crippen molar-refractivity contribution in [3.05, 3.63) is 59.4 Å². The molecule has 3 rings (SSSR count). The summed E-state index contributed by atoms with van der Waals surface area (Å²) >= 11 is 6.10. The van der Waals surface area contributed by atoms with E-state index in [2.05, 4.69) is 20.7 Å². The molecule has 0 unspecified atom stereocenters. The minimum atomic E-state index is -0.770. The third kappa shape index (κ3) is 3.26. The molecule has 0 spiro atoms. The summed E-state index contributed by atoms with van der Waals surface area (Å²) in [5, 5.41) is 15.0. The SMILES string of the molecule is C[C@H](C(=O)Nc1ccccc1F)n1nnc(-c2ccccc2Cl)n1. The zero-order chi connectivity index (χ0) is 17.1. The molecule has 122 valence electrons. The Balaban J connectivity index is 1.79. The molecule has 0 aliphatic carbocycles. The highest BCUT2D eigenvalue weighted by atomic mass is 35.5. The first-order valence-corrected chi connectivity index (χ1v) is 7.54. The molecule has 2 aromatic carbocycles. The van der Waals surface area contributed by atoms with Crippen LogP contribution in [0.25, 0.3) is 11.4 Å². The predicted octanol–water partition coefficient (Wildman–Crippen LogP) is 3.33. The van der Waals surface area contributed by atoms with Gasteiger partial charge in [-0.3, -0.25) is 4.79 Å². The number of para-hydroxylation sites is 1. The normalized spacial score (nSPS) is 12.0. The Bertz CT molecular complexity index is 882. The van der Waals surface area contributed by atoms with Crippen LogP contribution in [0.1, 0.15) is 13.0 Å². The molecule has 0 bridgehead atoms. The molecule has 6 nitrogen and oxygen atoms in total. The Labute approximate surface area is 142 Å². The maximum Gasteiger partial charge on any atom is 0.250 e. The second-order valence-electron chi connectivity index (χ2n) is 5.06. The topological polar surface area (TPSA) is 72.7 Å². The Hall–Kier alpha value is -2.80. The minimum Gasteiger partial charge on any atom is -0.322 e. The summed E-state index contributed by atoms with van der Waals surface area (Å²) in [6, 6.07) is 12.2. The fraction of sp³-hybridized carbons (Fsp3) is 0.125. The lowest BCUT2D eigenvalue weighted by atomic mass is 10.2. The van der Waals surface area contributed by atoms with Crippen LogP contribution in [0.3, 0.4) is 0 Å². The molecular formula is C16H13ClFN5O. The number of hydrogen-bond donors (Lipinski definition) is 1. The van der Waals surface area contributed by atoms with E-state index in [4.69, 9.17) is 11.6 Å². The van der Waals surface area contributed by atoms with Crippen LogP contribution in [0.15, 0.2) is 48.5 Å². The highest BCUT2D eigenvalue weighted by Crippen LogP contribution is 2.24. The van der Waals surface area contributed by atoms with Crippen molar-refractivity contribution in [3.8, 4) is 11.4 Å². The molecule has 1 N–H and O–H groups in total. The highest BCUT2D eigenvalue weighted by molar-refractivity contribution is 6.33. The maximum atomic E-state index is 13.6. The molecule has 0 fully saturated rings. The van der Waals surface area contributed by atoms with Gasteiger partial charge in [-0.15, -0.1) is 10.2 Å². The van der Waals surface area contributed by atoms with E-state index in [1.165, 1.54) is 12.1 Å². The molecule has 0 radical (unpaired) electrons. The van der Waals surface area contributed by atoms with Crippen molar-refractivity contribution in [3.63, 3.8) is 0 Å². The van der Waals surface area contributed by atoms with Crippen LogP contribution in [-0.2, 0) is 4.79 Å². The average Bonchev–Trinajstić information content (AvgIpc) is 3.06. The molecule has 1 amide bonds. The first-order valence-electron chi connectivity index (χ1n) is 7.16. The lowest BCUT2D eigenvalue weighted by molar-refractivity contribution is -0.119. The van der Waals surface area contributed by atoms with E-state index >= 15 is 0 Å². The Kier molecular flexibility index (Phi) is 4.52. The van der Waals surface area contributed by atoms with Crippen molar-refractivity contribution in [2.24, 2.45) is 0 Å². The van der Waals surface area contributed by atoms with Crippen LogP contribution >= 0.6 is 11.6 Å². The van der Waals surface area contributed by atoms with Gasteiger partial charge in [0.2, 0.25) is 5.82 Å². The second-order valence-corrected chi connectivity index (χ2v) is 5.47. The zero-order valence-electron chi connectivity index (χ0n) is 12.6. The average molecular weight is 346 g/mol. The number of amides is 1. The zero-order valence-corrected chi connectivity index (χ0v) is 13.4. The molecule has 1 heterocycles. The third-order valence-electron chi connectivity index (χ3n) is 3.40. The lowest BCUT2D eigenvalue weighted by Crippen LogP contribution is -2.25. The fourth-order valence-corrected chi connectivity index (χ4v) is 2.26. The van der Waals surface area contributed by atoms with E-state index in [0.717, 1.165) is 4.80 Å². The van der Waals surface area contributed by atoms with Gasteiger partial charge < -0.3 is 5.32 Å². The van der Waals surface area contributed by atoms with Gasteiger partial charge in [0.05, 0.1) is 10.7 Å². The van der Waals surface area contributed by atoms with Gasteiger partial charge in [-0.05, 0) is 36.4 Å². The number of carbonyl (C=O) groups is 1. The number of carbonyl (C=O) groups excluding carboxylic acids is 1. The molecule has 0 saturated heterocycles. The fourth-order valence-electron chi connectivity index (χ4n) is 2.04. The highest BCUT2D eigenvalue weighted by Gasteiger charge is 2.20. The van der Waals surface area contributed by atoms with Gasteiger partial charge in [-0.2, -0.15) is 4.80 Å². The Morgan fingerprint density at radius 2 is 1.92 bits per heavy atom. The summed E-state index contributed by atoms with van der Waals surface area (Å²) in [6.07, 6.45) is 0. The largest absolute Gasteiger partial charge is 0.322 e. The minimum absolute atomic E-state index is 0.0980. The van der Waals surface area contributed by atoms with Gasteiger partial charge in [-0.1, -0.05) is 35.9 Å². The molecule has 0 aliphatic heterocycles. The lowest BCUT2D eigenvalue weighted by Gasteiger charge is -2.11. The van der Waals surface area contributed by atoms with E-state index in [0.29, 0.717) is 16.4 Å². The summed E-state index contributed by atoms with van der Waals surface area (Å²) < 4.78 is 13.6. The monoisotopic (exact) mass is 345 g/mol. The standard InChI is InChI=1S/C16H13ClFN5O/c1-10(16(24)19-14-9-5-4-8-13(14)18)23-21-15(20-22-23)11-6-2-3-7-12(11)17/h2-10H,1H3,(H,19,24)/t10-/m1/s1. The van der Waals surface area contributed by atoms with Crippen LogP contribution < -0.4 is 5.32 Å². The van der Waals surface area contributed by atoms with Crippen molar-refractivity contribution >= 4 is 23.2 Å². The molecule has 1 atom stereocenters. The smallest absolute Gasteiger partial charge is 0.250 e. The molecule has 8 heteroatoms. The number of halogens is 2. The molecule has 3 aromatic rings. The molecule has 24 heavy (non-hydrogen) atoms. The van der Waals surface area contributed by atoms with Gasteiger partial charge in [0.25, 0.3) is 5.91 Å². The Morgan fingerprint density at radius 1 is 1.21 bits per heavy atom. The number of anilines is 1. The van der Waals surface area contributed by atoms with Crippen molar-refractivity contribution in [1.29, 1.82) is 0 Å². The van der Waals surface area contributed by atoms with Gasteiger partial charge in [-0.25, -0.2) is 4.39 Å². The van der Waals surface area contributed by atoms with Crippen molar-refractivity contribution < 1.29 is 9.18 Å². The predicted molar refractivity (Wildman–Crippen MR) is 88.0 cm³/mol. The van der Waals surface area contributed by atoms with E-state index < -0.39 is 17.8 Å². The molecular weight excluding hydrogens is 333 g/mol. The van der Waals surface area contributed by atoms with Gasteiger partial charge in [0.1, 0.15) is 11.9 Å². The van der Waals surface area contributed by atoms with E-state index in [1.54, 1.807) is 43.3 Å². The summed E-state index contributed by atoms with van der Waals surface area (Å²) in [7, 11) is 0. The van der Waals surface area contributed by atoms with Gasteiger partial charge in [0, 0.05) is 5.56 Å². The summed E-state index contributed by atoms with van der Waals surface area (Å²) in [4.78, 5) is 13.4. The summed E-state index contributed by atoms with van der Waals surface area (Å²) in [6.45, 7) is 1.59. The van der Waals surface area contributed by atoms with Crippen LogP contribution in [-0.4, -0.2) is 26.1 Å². The van der Waals surface area contributed by atoms with Crippen molar-refractivity contribution in [1.82, 2.24) is 20.2 Å². The first-order chi connectivity index (χ1) is 11.6. The van der Waals surface area contributed by atoms with E-state index in [-0.39, 0.29) is 5.69 Å². The molecule has 1 aromatic heterocycles. The Morgan fingerprint density at radius 3 is 2.67 bits per heavy atom. The van der Waals surface area contributed by atoms with Crippen LogP contribution in [0.4, 0.5) is 10.1 Å². The summed E-state index contributed by atoms with van der Waals surface area (Å²) in [5.41, 5.74) is 0.716. The third-order valence-corrected chi connectivity index (χ3v) is 3.73. The first kappa shape index (κ1) is 16.1. The summed E-state index contributed by atoms with van der Waals surface area (Å²) in [5.74, 6) is -0.657. The molecule has 0 aliphatic rings. The van der Waals surface area contributed by atoms with E-state index in [1.807, 2.05) is 0 Å². The van der Waals surface area contributed by atoms with Crippen molar-refractivity contribution in [2.75, 3.05) is 5.32 Å². The van der Waals surface area contributed by atoms with Gasteiger partial charge in [0.15, 0.2) is 0 Å². The van der Waals surface area contributed by atoms with Crippen molar-refractivity contribution in [2.45, 2.75) is 13.0 Å². The number of nitrogens with one attached hydrogen (secondary N) is 1. The maximum absolute atomic E-state index is 13.6. The number of aromatic nitrogens is 4. The van der Waals surface area contributed by atoms with Crippen LogP contribution in [0.5, 0.6) is 0 Å². The van der Waals surface area contributed by atoms with E-state index in [9.17, 15) is 9.18 Å². The molecule has 0 saturated carbocycles. The number of hydrogen-bond acceptors (Lipinski definition) is 4. The quantitative estimate of drug-likeness (QED) is 0.787. The second kappa shape index (κ2) is 6.76. The number of tetrazole rings is 1. The number of rotatable bonds is 4.